The molecule has 5 nitrogen and oxygen atoms in total. The number of aromatic nitrogens is 2. The van der Waals surface area contributed by atoms with Crippen molar-refractivity contribution in [3.63, 3.8) is 0 Å². The number of hydrogen-bond donors (Lipinski definition) is 1. The first-order valence-electron chi connectivity index (χ1n) is 11.5. The molecule has 4 aromatic rings. The average molecular weight is 442 g/mol. The Kier molecular flexibility index (Phi) is 7.08. The SMILES string of the molecule is Cc1ccc(C(=O)NCc2nc3ccccc3n2CCCCOc2cccc(C)c2C)cc1. The first-order chi connectivity index (χ1) is 16.0. The van der Waals surface area contributed by atoms with Gasteiger partial charge in [0.25, 0.3) is 5.91 Å². The van der Waals surface area contributed by atoms with Gasteiger partial charge in [-0.25, -0.2) is 4.98 Å². The highest BCUT2D eigenvalue weighted by Crippen LogP contribution is 2.21. The average Bonchev–Trinajstić information content (AvgIpc) is 3.18. The third kappa shape index (κ3) is 5.43. The molecule has 0 aliphatic heterocycles. The second-order valence-electron chi connectivity index (χ2n) is 8.47. The first kappa shape index (κ1) is 22.6. The van der Waals surface area contributed by atoms with Crippen LogP contribution < -0.4 is 10.1 Å². The fraction of sp³-hybridized carbons (Fsp3) is 0.286. The predicted molar refractivity (Wildman–Crippen MR) is 133 cm³/mol. The molecule has 0 bridgehead atoms. The van der Waals surface area contributed by atoms with Crippen LogP contribution in [0, 0.1) is 20.8 Å². The molecule has 1 heterocycles. The van der Waals surface area contributed by atoms with Crippen LogP contribution >= 0.6 is 0 Å². The molecular formula is C28H31N3O2. The van der Waals surface area contributed by atoms with E-state index in [4.69, 9.17) is 9.72 Å². The van der Waals surface area contributed by atoms with Gasteiger partial charge in [0.1, 0.15) is 11.6 Å². The van der Waals surface area contributed by atoms with E-state index in [0.717, 1.165) is 47.6 Å². The van der Waals surface area contributed by atoms with Crippen LogP contribution in [0.25, 0.3) is 11.0 Å². The van der Waals surface area contributed by atoms with E-state index in [-0.39, 0.29) is 5.91 Å². The number of para-hydroxylation sites is 2. The zero-order valence-electron chi connectivity index (χ0n) is 19.6. The summed E-state index contributed by atoms with van der Waals surface area (Å²) < 4.78 is 8.22. The van der Waals surface area contributed by atoms with Crippen LogP contribution in [-0.2, 0) is 13.1 Å². The second kappa shape index (κ2) is 10.3. The summed E-state index contributed by atoms with van der Waals surface area (Å²) in [5.74, 6) is 1.74. The molecule has 1 amide bonds. The smallest absolute Gasteiger partial charge is 0.251 e. The van der Waals surface area contributed by atoms with E-state index in [1.54, 1.807) is 0 Å². The Bertz CT molecular complexity index is 1240. The maximum atomic E-state index is 12.6. The summed E-state index contributed by atoms with van der Waals surface area (Å²) in [6, 6.07) is 21.9. The lowest BCUT2D eigenvalue weighted by atomic mass is 10.1. The van der Waals surface area contributed by atoms with Crippen molar-refractivity contribution in [3.8, 4) is 5.75 Å². The highest BCUT2D eigenvalue weighted by atomic mass is 16.5. The summed E-state index contributed by atoms with van der Waals surface area (Å²) in [6.07, 6.45) is 1.90. The number of hydrogen-bond acceptors (Lipinski definition) is 3. The Morgan fingerprint density at radius 1 is 0.939 bits per heavy atom. The van der Waals surface area contributed by atoms with Gasteiger partial charge in [0.2, 0.25) is 0 Å². The van der Waals surface area contributed by atoms with Crippen molar-refractivity contribution in [2.45, 2.75) is 46.7 Å². The van der Waals surface area contributed by atoms with Crippen LogP contribution in [-0.4, -0.2) is 22.1 Å². The zero-order valence-corrected chi connectivity index (χ0v) is 19.6. The normalized spacial score (nSPS) is 11.0. The summed E-state index contributed by atoms with van der Waals surface area (Å²) in [7, 11) is 0. The minimum atomic E-state index is -0.0875. The second-order valence-corrected chi connectivity index (χ2v) is 8.47. The lowest BCUT2D eigenvalue weighted by Crippen LogP contribution is -2.24. The number of rotatable bonds is 9. The van der Waals surface area contributed by atoms with Gasteiger partial charge in [-0.05, 0) is 75.1 Å². The number of unbranched alkanes of at least 4 members (excludes halogenated alkanes) is 1. The summed E-state index contributed by atoms with van der Waals surface area (Å²) in [6.45, 7) is 8.10. The Labute approximate surface area is 195 Å². The summed E-state index contributed by atoms with van der Waals surface area (Å²) in [5.41, 5.74) is 6.28. The lowest BCUT2D eigenvalue weighted by molar-refractivity contribution is 0.0949. The van der Waals surface area contributed by atoms with Crippen LogP contribution in [0.5, 0.6) is 5.75 Å². The first-order valence-corrected chi connectivity index (χ1v) is 11.5. The van der Waals surface area contributed by atoms with E-state index in [1.165, 1.54) is 11.1 Å². The Morgan fingerprint density at radius 2 is 1.73 bits per heavy atom. The maximum Gasteiger partial charge on any atom is 0.251 e. The maximum absolute atomic E-state index is 12.6. The van der Waals surface area contributed by atoms with Gasteiger partial charge in [-0.2, -0.15) is 0 Å². The molecule has 1 N–H and O–H groups in total. The molecule has 0 saturated carbocycles. The highest BCUT2D eigenvalue weighted by molar-refractivity contribution is 5.94. The quantitative estimate of drug-likeness (QED) is 0.337. The van der Waals surface area contributed by atoms with E-state index in [0.29, 0.717) is 18.7 Å². The zero-order chi connectivity index (χ0) is 23.2. The minimum absolute atomic E-state index is 0.0875. The van der Waals surface area contributed by atoms with Gasteiger partial charge in [0.05, 0.1) is 24.2 Å². The molecule has 0 spiro atoms. The van der Waals surface area contributed by atoms with E-state index >= 15 is 0 Å². The van der Waals surface area contributed by atoms with E-state index in [2.05, 4.69) is 35.9 Å². The number of nitrogens with one attached hydrogen (secondary N) is 1. The number of carbonyl (C=O) groups is 1. The molecule has 0 fully saturated rings. The number of aryl methyl sites for hydroxylation is 3. The van der Waals surface area contributed by atoms with Crippen LogP contribution in [0.15, 0.2) is 66.7 Å². The third-order valence-electron chi connectivity index (χ3n) is 6.04. The topological polar surface area (TPSA) is 56.2 Å². The van der Waals surface area contributed by atoms with Gasteiger partial charge >= 0.3 is 0 Å². The Hall–Kier alpha value is -3.60. The monoisotopic (exact) mass is 441 g/mol. The van der Waals surface area contributed by atoms with Gasteiger partial charge in [-0.15, -0.1) is 0 Å². The van der Waals surface area contributed by atoms with Gasteiger partial charge in [-0.1, -0.05) is 42.0 Å². The number of fused-ring (bicyclic) bond motifs is 1. The van der Waals surface area contributed by atoms with Crippen LogP contribution in [0.3, 0.4) is 0 Å². The van der Waals surface area contributed by atoms with E-state index in [9.17, 15) is 4.79 Å². The van der Waals surface area contributed by atoms with Crippen molar-refractivity contribution in [2.75, 3.05) is 6.61 Å². The van der Waals surface area contributed by atoms with Crippen LogP contribution in [0.1, 0.15) is 45.7 Å². The standard InChI is InChI=1S/C28H31N3O2/c1-20-13-15-23(16-14-20)28(32)29-19-27-30-24-10-4-5-11-25(24)31(27)17-6-7-18-33-26-12-8-9-21(2)22(26)3/h4-5,8-16H,6-7,17-19H2,1-3H3,(H,29,32). The van der Waals surface area contributed by atoms with Crippen molar-refractivity contribution in [2.24, 2.45) is 0 Å². The molecule has 0 aliphatic carbocycles. The number of amides is 1. The number of imidazole rings is 1. The molecule has 5 heteroatoms. The van der Waals surface area contributed by atoms with Crippen molar-refractivity contribution in [3.05, 3.63) is 94.8 Å². The van der Waals surface area contributed by atoms with Crippen molar-refractivity contribution in [1.29, 1.82) is 0 Å². The molecule has 0 saturated heterocycles. The van der Waals surface area contributed by atoms with Crippen LogP contribution in [0.4, 0.5) is 0 Å². The number of benzene rings is 3. The van der Waals surface area contributed by atoms with Gasteiger partial charge in [0.15, 0.2) is 0 Å². The fourth-order valence-corrected chi connectivity index (χ4v) is 3.91. The number of carbonyl (C=O) groups excluding carboxylic acids is 1. The minimum Gasteiger partial charge on any atom is -0.493 e. The van der Waals surface area contributed by atoms with E-state index in [1.807, 2.05) is 61.5 Å². The molecule has 170 valence electrons. The summed E-state index contributed by atoms with van der Waals surface area (Å²) >= 11 is 0. The van der Waals surface area contributed by atoms with Gasteiger partial charge < -0.3 is 14.6 Å². The Morgan fingerprint density at radius 3 is 2.55 bits per heavy atom. The molecule has 0 aliphatic rings. The third-order valence-corrected chi connectivity index (χ3v) is 6.04. The molecule has 0 radical (unpaired) electrons. The molecule has 33 heavy (non-hydrogen) atoms. The van der Waals surface area contributed by atoms with Crippen molar-refractivity contribution >= 4 is 16.9 Å². The highest BCUT2D eigenvalue weighted by Gasteiger charge is 2.12. The lowest BCUT2D eigenvalue weighted by Gasteiger charge is -2.12. The molecular weight excluding hydrogens is 410 g/mol. The molecule has 1 aromatic heterocycles. The fourth-order valence-electron chi connectivity index (χ4n) is 3.91. The van der Waals surface area contributed by atoms with Crippen molar-refractivity contribution in [1.82, 2.24) is 14.9 Å². The predicted octanol–water partition coefficient (Wildman–Crippen LogP) is 5.75. The summed E-state index contributed by atoms with van der Waals surface area (Å²) in [5, 5.41) is 3.02. The number of nitrogens with zero attached hydrogens (tertiary/aromatic N) is 2. The van der Waals surface area contributed by atoms with Crippen LogP contribution in [0.2, 0.25) is 0 Å². The van der Waals surface area contributed by atoms with Gasteiger partial charge in [0, 0.05) is 12.1 Å². The van der Waals surface area contributed by atoms with Crippen molar-refractivity contribution < 1.29 is 9.53 Å². The Balaban J connectivity index is 1.38. The molecule has 3 aromatic carbocycles. The molecule has 0 unspecified atom stereocenters. The number of ether oxygens (including phenoxy) is 1. The summed E-state index contributed by atoms with van der Waals surface area (Å²) in [4.78, 5) is 17.4. The molecule has 4 rings (SSSR count). The molecule has 0 atom stereocenters. The largest absolute Gasteiger partial charge is 0.493 e. The van der Waals surface area contributed by atoms with Gasteiger partial charge in [-0.3, -0.25) is 4.79 Å². The van der Waals surface area contributed by atoms with E-state index < -0.39 is 0 Å².